The number of aromatic amines is 1. The van der Waals surface area contributed by atoms with Gasteiger partial charge in [-0.2, -0.15) is 0 Å². The van der Waals surface area contributed by atoms with Crippen LogP contribution >= 0.6 is 0 Å². The second-order valence-corrected chi connectivity index (χ2v) is 7.81. The van der Waals surface area contributed by atoms with Crippen molar-refractivity contribution in [3.05, 3.63) is 59.0 Å². The molecule has 0 fully saturated rings. The molecule has 4 aromatic rings. The summed E-state index contributed by atoms with van der Waals surface area (Å²) < 4.78 is 7.58. The third-order valence-corrected chi connectivity index (χ3v) is 4.41. The Bertz CT molecular complexity index is 1210. The van der Waals surface area contributed by atoms with Crippen molar-refractivity contribution in [3.63, 3.8) is 0 Å². The van der Waals surface area contributed by atoms with E-state index in [1.807, 2.05) is 60.0 Å². The van der Waals surface area contributed by atoms with Gasteiger partial charge in [0.05, 0.1) is 12.2 Å². The van der Waals surface area contributed by atoms with Crippen molar-refractivity contribution in [2.75, 3.05) is 11.9 Å². The lowest BCUT2D eigenvalue weighted by atomic mass is 10.1. The molecule has 0 atom stereocenters. The van der Waals surface area contributed by atoms with Crippen LogP contribution < -0.4 is 15.6 Å². The molecule has 3 aromatic heterocycles. The molecule has 0 saturated carbocycles. The summed E-state index contributed by atoms with van der Waals surface area (Å²) in [5, 5.41) is 4.40. The number of hydrogen-bond donors (Lipinski definition) is 2. The number of anilines is 1. The van der Waals surface area contributed by atoms with Crippen molar-refractivity contribution in [2.24, 2.45) is 0 Å². The van der Waals surface area contributed by atoms with Crippen molar-refractivity contribution >= 4 is 22.4 Å². The number of nitrogens with zero attached hydrogens (tertiary/aromatic N) is 2. The van der Waals surface area contributed by atoms with Crippen molar-refractivity contribution in [3.8, 4) is 17.0 Å². The second kappa shape index (κ2) is 6.71. The van der Waals surface area contributed by atoms with Gasteiger partial charge in [-0.3, -0.25) is 9.20 Å². The number of benzene rings is 1. The SMILES string of the molecule is CCOc1ccc2[nH]c(=O)c(-c3nc4ccccn4c3NC(C)(C)C)cc2c1. The summed E-state index contributed by atoms with van der Waals surface area (Å²) in [7, 11) is 0. The molecule has 6 heteroatoms. The lowest BCUT2D eigenvalue weighted by Crippen LogP contribution is -2.27. The first-order valence-corrected chi connectivity index (χ1v) is 9.41. The Labute approximate surface area is 163 Å². The van der Waals surface area contributed by atoms with Gasteiger partial charge in [-0.15, -0.1) is 0 Å². The highest BCUT2D eigenvalue weighted by Crippen LogP contribution is 2.30. The largest absolute Gasteiger partial charge is 0.494 e. The minimum absolute atomic E-state index is 0.169. The standard InChI is InChI=1S/C22H24N4O2/c1-5-28-15-9-10-17-14(12-15)13-16(21(27)23-17)19-20(25-22(2,3)4)26-11-7-6-8-18(26)24-19/h6-13,25H,5H2,1-4H3,(H,23,27). The fraction of sp³-hybridized carbons (Fsp3) is 0.273. The Kier molecular flexibility index (Phi) is 4.34. The number of nitrogens with one attached hydrogen (secondary N) is 2. The molecule has 28 heavy (non-hydrogen) atoms. The van der Waals surface area contributed by atoms with Crippen LogP contribution in [-0.2, 0) is 0 Å². The summed E-state index contributed by atoms with van der Waals surface area (Å²) in [5.74, 6) is 1.57. The Balaban J connectivity index is 1.96. The van der Waals surface area contributed by atoms with Gasteiger partial charge in [0.2, 0.25) is 0 Å². The molecular formula is C22H24N4O2. The predicted molar refractivity (Wildman–Crippen MR) is 113 cm³/mol. The van der Waals surface area contributed by atoms with E-state index in [1.54, 1.807) is 0 Å². The smallest absolute Gasteiger partial charge is 0.258 e. The number of imidazole rings is 1. The van der Waals surface area contributed by atoms with Gasteiger partial charge in [0.1, 0.15) is 22.9 Å². The molecule has 3 heterocycles. The molecule has 144 valence electrons. The van der Waals surface area contributed by atoms with E-state index in [2.05, 4.69) is 31.1 Å². The topological polar surface area (TPSA) is 71.4 Å². The van der Waals surface area contributed by atoms with E-state index in [-0.39, 0.29) is 11.1 Å². The van der Waals surface area contributed by atoms with E-state index in [1.165, 1.54) is 0 Å². The summed E-state index contributed by atoms with van der Waals surface area (Å²) >= 11 is 0. The zero-order valence-electron chi connectivity index (χ0n) is 16.5. The molecule has 0 saturated heterocycles. The van der Waals surface area contributed by atoms with Gasteiger partial charge in [-0.05, 0) is 64.1 Å². The number of fused-ring (bicyclic) bond motifs is 2. The van der Waals surface area contributed by atoms with Gasteiger partial charge in [0.25, 0.3) is 5.56 Å². The zero-order chi connectivity index (χ0) is 19.9. The fourth-order valence-electron chi connectivity index (χ4n) is 3.28. The molecule has 0 amide bonds. The van der Waals surface area contributed by atoms with Gasteiger partial charge < -0.3 is 15.0 Å². The average Bonchev–Trinajstić information content (AvgIpc) is 2.98. The van der Waals surface area contributed by atoms with E-state index in [0.29, 0.717) is 17.9 Å². The van der Waals surface area contributed by atoms with Gasteiger partial charge >= 0.3 is 0 Å². The van der Waals surface area contributed by atoms with Crippen molar-refractivity contribution in [1.82, 2.24) is 14.4 Å². The quantitative estimate of drug-likeness (QED) is 0.552. The van der Waals surface area contributed by atoms with Crippen molar-refractivity contribution in [2.45, 2.75) is 33.2 Å². The Hall–Kier alpha value is -3.28. The highest BCUT2D eigenvalue weighted by molar-refractivity contribution is 5.87. The number of pyridine rings is 2. The summed E-state index contributed by atoms with van der Waals surface area (Å²) in [5.41, 5.74) is 2.35. The third kappa shape index (κ3) is 3.33. The lowest BCUT2D eigenvalue weighted by molar-refractivity contribution is 0.340. The minimum Gasteiger partial charge on any atom is -0.494 e. The van der Waals surface area contributed by atoms with E-state index >= 15 is 0 Å². The summed E-state index contributed by atoms with van der Waals surface area (Å²) in [6.07, 6.45) is 1.95. The zero-order valence-corrected chi connectivity index (χ0v) is 16.5. The molecule has 6 nitrogen and oxygen atoms in total. The maximum Gasteiger partial charge on any atom is 0.258 e. The maximum atomic E-state index is 12.9. The molecule has 0 radical (unpaired) electrons. The third-order valence-electron chi connectivity index (χ3n) is 4.41. The maximum absolute atomic E-state index is 12.9. The van der Waals surface area contributed by atoms with Gasteiger partial charge in [0, 0.05) is 22.6 Å². The number of aromatic nitrogens is 3. The molecule has 2 N–H and O–H groups in total. The van der Waals surface area contributed by atoms with Crippen LogP contribution in [0.2, 0.25) is 0 Å². The Morgan fingerprint density at radius 3 is 2.75 bits per heavy atom. The van der Waals surface area contributed by atoms with Crippen LogP contribution in [-0.4, -0.2) is 26.5 Å². The molecular weight excluding hydrogens is 352 g/mol. The van der Waals surface area contributed by atoms with Crippen molar-refractivity contribution < 1.29 is 4.74 Å². The molecule has 1 aromatic carbocycles. The van der Waals surface area contributed by atoms with Crippen LogP contribution in [0.5, 0.6) is 5.75 Å². The number of H-pyrrole nitrogens is 1. The number of ether oxygens (including phenoxy) is 1. The number of hydrogen-bond acceptors (Lipinski definition) is 4. The highest BCUT2D eigenvalue weighted by Gasteiger charge is 2.21. The molecule has 4 rings (SSSR count). The first-order valence-electron chi connectivity index (χ1n) is 9.41. The summed E-state index contributed by atoms with van der Waals surface area (Å²) in [4.78, 5) is 20.6. The van der Waals surface area contributed by atoms with Gasteiger partial charge in [0.15, 0.2) is 0 Å². The van der Waals surface area contributed by atoms with Gasteiger partial charge in [-0.25, -0.2) is 4.98 Å². The normalized spacial score (nSPS) is 11.9. The Morgan fingerprint density at radius 1 is 1.18 bits per heavy atom. The monoisotopic (exact) mass is 376 g/mol. The van der Waals surface area contributed by atoms with Crippen LogP contribution in [0.25, 0.3) is 27.8 Å². The Morgan fingerprint density at radius 2 is 2.00 bits per heavy atom. The first kappa shape index (κ1) is 18.1. The highest BCUT2D eigenvalue weighted by atomic mass is 16.5. The first-order chi connectivity index (χ1) is 13.4. The number of rotatable bonds is 4. The van der Waals surface area contributed by atoms with E-state index in [4.69, 9.17) is 9.72 Å². The van der Waals surface area contributed by atoms with Crippen LogP contribution in [0.4, 0.5) is 5.82 Å². The molecule has 0 aliphatic rings. The average molecular weight is 376 g/mol. The van der Waals surface area contributed by atoms with Crippen LogP contribution in [0.3, 0.4) is 0 Å². The van der Waals surface area contributed by atoms with Crippen LogP contribution in [0.15, 0.2) is 53.5 Å². The van der Waals surface area contributed by atoms with E-state index in [9.17, 15) is 4.79 Å². The van der Waals surface area contributed by atoms with Crippen LogP contribution in [0.1, 0.15) is 27.7 Å². The van der Waals surface area contributed by atoms with E-state index in [0.717, 1.165) is 28.1 Å². The lowest BCUT2D eigenvalue weighted by Gasteiger charge is -2.22. The second-order valence-electron chi connectivity index (χ2n) is 7.81. The predicted octanol–water partition coefficient (Wildman–Crippen LogP) is 4.45. The van der Waals surface area contributed by atoms with E-state index < -0.39 is 0 Å². The molecule has 0 aliphatic carbocycles. The molecule has 0 bridgehead atoms. The summed E-state index contributed by atoms with van der Waals surface area (Å²) in [6, 6.07) is 13.4. The minimum atomic E-state index is -0.188. The molecule has 0 spiro atoms. The molecule has 0 unspecified atom stereocenters. The molecule has 0 aliphatic heterocycles. The van der Waals surface area contributed by atoms with Gasteiger partial charge in [-0.1, -0.05) is 6.07 Å². The van der Waals surface area contributed by atoms with Crippen molar-refractivity contribution in [1.29, 1.82) is 0 Å². The summed E-state index contributed by atoms with van der Waals surface area (Å²) in [6.45, 7) is 8.78. The van der Waals surface area contributed by atoms with Crippen LogP contribution in [0, 0.1) is 0 Å². The fourth-order valence-corrected chi connectivity index (χ4v) is 3.28.